The van der Waals surface area contributed by atoms with Crippen molar-refractivity contribution >= 4 is 27.8 Å². The number of rotatable bonds is 4. The number of hydrogen-bond donors (Lipinski definition) is 1. The van der Waals surface area contributed by atoms with Gasteiger partial charge in [-0.2, -0.15) is 0 Å². The summed E-state index contributed by atoms with van der Waals surface area (Å²) in [6, 6.07) is 9.69. The Bertz CT molecular complexity index is 927. The quantitative estimate of drug-likeness (QED) is 0.751. The third kappa shape index (κ3) is 2.41. The number of fused-ring (bicyclic) bond motifs is 2. The molecule has 22 heavy (non-hydrogen) atoms. The van der Waals surface area contributed by atoms with Gasteiger partial charge in [0.25, 0.3) is 0 Å². The first-order valence-corrected chi connectivity index (χ1v) is 7.03. The molecular formula is C17H15NO4. The minimum atomic E-state index is -0.562. The maximum atomic E-state index is 12.6. The lowest BCUT2D eigenvalue weighted by atomic mass is 10.1. The molecule has 0 aliphatic carbocycles. The highest BCUT2D eigenvalue weighted by Crippen LogP contribution is 2.23. The second-order valence-corrected chi connectivity index (χ2v) is 5.01. The van der Waals surface area contributed by atoms with E-state index in [9.17, 15) is 9.59 Å². The number of carbonyl (C=O) groups is 1. The van der Waals surface area contributed by atoms with Gasteiger partial charge in [-0.05, 0) is 42.8 Å². The maximum absolute atomic E-state index is 12.6. The van der Waals surface area contributed by atoms with E-state index in [0.717, 1.165) is 6.42 Å². The average molecular weight is 297 g/mol. The number of amides is 1. The lowest BCUT2D eigenvalue weighted by molar-refractivity contribution is 0.100. The van der Waals surface area contributed by atoms with Crippen molar-refractivity contribution in [2.24, 2.45) is 5.73 Å². The zero-order chi connectivity index (χ0) is 15.7. The van der Waals surface area contributed by atoms with Crippen molar-refractivity contribution in [1.29, 1.82) is 0 Å². The third-order valence-corrected chi connectivity index (χ3v) is 3.40. The van der Waals surface area contributed by atoms with Crippen LogP contribution < -0.4 is 15.9 Å². The summed E-state index contributed by atoms with van der Waals surface area (Å²) >= 11 is 0. The summed E-state index contributed by atoms with van der Waals surface area (Å²) in [4.78, 5) is 23.8. The number of primary amides is 1. The summed E-state index contributed by atoms with van der Waals surface area (Å²) in [5, 5.41) is 0.859. The van der Waals surface area contributed by atoms with Crippen molar-refractivity contribution in [2.75, 3.05) is 6.61 Å². The van der Waals surface area contributed by atoms with Crippen molar-refractivity contribution in [3.05, 3.63) is 52.2 Å². The first-order valence-electron chi connectivity index (χ1n) is 7.03. The largest absolute Gasteiger partial charge is 0.494 e. The van der Waals surface area contributed by atoms with Gasteiger partial charge in [-0.3, -0.25) is 9.59 Å². The van der Waals surface area contributed by atoms with Gasteiger partial charge in [-0.25, -0.2) is 0 Å². The Hall–Kier alpha value is -2.82. The first kappa shape index (κ1) is 14.1. The van der Waals surface area contributed by atoms with Gasteiger partial charge in [-0.15, -0.1) is 0 Å². The fraction of sp³-hybridized carbons (Fsp3) is 0.176. The summed E-state index contributed by atoms with van der Waals surface area (Å²) < 4.78 is 11.3. The molecule has 1 aromatic heterocycles. The Labute approximate surface area is 126 Å². The van der Waals surface area contributed by atoms with E-state index in [2.05, 4.69) is 0 Å². The lowest BCUT2D eigenvalue weighted by Crippen LogP contribution is -2.11. The molecule has 1 heterocycles. The fourth-order valence-corrected chi connectivity index (χ4v) is 2.30. The van der Waals surface area contributed by atoms with Gasteiger partial charge < -0.3 is 14.9 Å². The fourth-order valence-electron chi connectivity index (χ4n) is 2.30. The molecule has 5 nitrogen and oxygen atoms in total. The summed E-state index contributed by atoms with van der Waals surface area (Å²) in [7, 11) is 0. The minimum Gasteiger partial charge on any atom is -0.494 e. The number of hydrogen-bond acceptors (Lipinski definition) is 4. The van der Waals surface area contributed by atoms with Crippen molar-refractivity contribution in [2.45, 2.75) is 13.3 Å². The predicted molar refractivity (Wildman–Crippen MR) is 84.3 cm³/mol. The van der Waals surface area contributed by atoms with Gasteiger partial charge in [0.1, 0.15) is 16.9 Å². The molecule has 0 unspecified atom stereocenters. The summed E-state index contributed by atoms with van der Waals surface area (Å²) in [6.07, 6.45) is 0.889. The molecule has 3 aromatic rings. The van der Waals surface area contributed by atoms with Crippen LogP contribution in [0.3, 0.4) is 0 Å². The summed E-state index contributed by atoms with van der Waals surface area (Å²) in [6.45, 7) is 2.60. The van der Waals surface area contributed by atoms with Crippen LogP contribution in [0.2, 0.25) is 0 Å². The Balaban J connectivity index is 2.22. The minimum absolute atomic E-state index is 0.158. The van der Waals surface area contributed by atoms with E-state index in [1.165, 1.54) is 12.1 Å². The lowest BCUT2D eigenvalue weighted by Gasteiger charge is -2.06. The van der Waals surface area contributed by atoms with Crippen LogP contribution in [-0.4, -0.2) is 12.5 Å². The van der Waals surface area contributed by atoms with Gasteiger partial charge in [0.05, 0.1) is 17.4 Å². The zero-order valence-electron chi connectivity index (χ0n) is 12.1. The molecule has 112 valence electrons. The first-order chi connectivity index (χ1) is 10.6. The van der Waals surface area contributed by atoms with Crippen molar-refractivity contribution < 1.29 is 13.9 Å². The molecule has 2 aromatic carbocycles. The van der Waals surface area contributed by atoms with Gasteiger partial charge >= 0.3 is 0 Å². The highest BCUT2D eigenvalue weighted by molar-refractivity contribution is 5.98. The summed E-state index contributed by atoms with van der Waals surface area (Å²) in [5.41, 5.74) is 6.18. The monoisotopic (exact) mass is 297 g/mol. The molecular weight excluding hydrogens is 282 g/mol. The molecule has 0 bridgehead atoms. The van der Waals surface area contributed by atoms with Crippen LogP contribution in [0, 0.1) is 0 Å². The number of nitrogens with two attached hydrogens (primary N) is 1. The molecule has 5 heteroatoms. The highest BCUT2D eigenvalue weighted by Gasteiger charge is 2.11. The van der Waals surface area contributed by atoms with E-state index < -0.39 is 5.91 Å². The predicted octanol–water partition coefficient (Wildman–Crippen LogP) is 2.83. The molecule has 1 amide bonds. The highest BCUT2D eigenvalue weighted by atomic mass is 16.5. The third-order valence-electron chi connectivity index (χ3n) is 3.40. The van der Waals surface area contributed by atoms with Gasteiger partial charge in [0.15, 0.2) is 0 Å². The molecule has 0 radical (unpaired) electrons. The van der Waals surface area contributed by atoms with Gasteiger partial charge in [0.2, 0.25) is 11.3 Å². The molecule has 0 saturated carbocycles. The van der Waals surface area contributed by atoms with Gasteiger partial charge in [-0.1, -0.05) is 6.92 Å². The van der Waals surface area contributed by atoms with E-state index in [0.29, 0.717) is 39.9 Å². The molecule has 0 atom stereocenters. The molecule has 0 aliphatic rings. The number of carbonyl (C=O) groups excluding carboxylic acids is 1. The summed E-state index contributed by atoms with van der Waals surface area (Å²) in [5.74, 6) is 0.0720. The molecule has 0 aliphatic heterocycles. The average Bonchev–Trinajstić information content (AvgIpc) is 2.52. The van der Waals surface area contributed by atoms with E-state index in [-0.39, 0.29) is 5.43 Å². The van der Waals surface area contributed by atoms with Gasteiger partial charge in [0, 0.05) is 5.56 Å². The number of benzene rings is 2. The zero-order valence-corrected chi connectivity index (χ0v) is 12.1. The molecule has 0 spiro atoms. The SMILES string of the molecule is CCCOc1ccc2oc3cc(C(N)=O)ccc3c(=O)c2c1. The normalized spacial score (nSPS) is 11.0. The Morgan fingerprint density at radius 1 is 1.14 bits per heavy atom. The van der Waals surface area contributed by atoms with Crippen LogP contribution >= 0.6 is 0 Å². The molecule has 2 N–H and O–H groups in total. The van der Waals surface area contributed by atoms with E-state index in [1.54, 1.807) is 24.3 Å². The second-order valence-electron chi connectivity index (χ2n) is 5.01. The van der Waals surface area contributed by atoms with Crippen LogP contribution in [0.5, 0.6) is 5.75 Å². The van der Waals surface area contributed by atoms with Crippen LogP contribution in [0.1, 0.15) is 23.7 Å². The van der Waals surface area contributed by atoms with E-state index >= 15 is 0 Å². The molecule has 3 rings (SSSR count). The molecule has 0 fully saturated rings. The number of ether oxygens (including phenoxy) is 1. The van der Waals surface area contributed by atoms with Crippen molar-refractivity contribution in [3.63, 3.8) is 0 Å². The van der Waals surface area contributed by atoms with Crippen LogP contribution in [0.4, 0.5) is 0 Å². The van der Waals surface area contributed by atoms with Crippen molar-refractivity contribution in [3.8, 4) is 5.75 Å². The molecule has 0 saturated heterocycles. The standard InChI is InChI=1S/C17H15NO4/c1-2-7-21-11-4-6-14-13(9-11)16(19)12-5-3-10(17(18)20)8-15(12)22-14/h3-6,8-9H,2,7H2,1H3,(H2,18,20). The smallest absolute Gasteiger partial charge is 0.248 e. The van der Waals surface area contributed by atoms with Crippen LogP contribution in [0.15, 0.2) is 45.6 Å². The maximum Gasteiger partial charge on any atom is 0.248 e. The van der Waals surface area contributed by atoms with Crippen LogP contribution in [0.25, 0.3) is 21.9 Å². The Morgan fingerprint density at radius 2 is 1.95 bits per heavy atom. The topological polar surface area (TPSA) is 82.5 Å². The Kier molecular flexibility index (Phi) is 3.55. The van der Waals surface area contributed by atoms with Crippen molar-refractivity contribution in [1.82, 2.24) is 0 Å². The van der Waals surface area contributed by atoms with E-state index in [1.807, 2.05) is 6.92 Å². The Morgan fingerprint density at radius 3 is 2.68 bits per heavy atom. The van der Waals surface area contributed by atoms with Crippen LogP contribution in [-0.2, 0) is 0 Å². The second kappa shape index (κ2) is 5.52. The van der Waals surface area contributed by atoms with E-state index in [4.69, 9.17) is 14.9 Å².